The number of Topliss-reactive ketones (excluding diaryl/α,β-unsaturated/α-hetero) is 1. The summed E-state index contributed by atoms with van der Waals surface area (Å²) in [4.78, 5) is 42.0. The maximum absolute atomic E-state index is 14.0. The van der Waals surface area contributed by atoms with Gasteiger partial charge in [0.2, 0.25) is 0 Å². The van der Waals surface area contributed by atoms with E-state index in [2.05, 4.69) is 15.2 Å². The van der Waals surface area contributed by atoms with Crippen molar-refractivity contribution in [1.82, 2.24) is 15.2 Å². The van der Waals surface area contributed by atoms with Gasteiger partial charge in [0.1, 0.15) is 22.7 Å². The quantitative estimate of drug-likeness (QED) is 0.212. The first-order valence-electron chi connectivity index (χ1n) is 11.5. The number of furan rings is 1. The van der Waals surface area contributed by atoms with Crippen molar-refractivity contribution in [2.24, 2.45) is 5.92 Å². The number of ketones is 1. The van der Waals surface area contributed by atoms with Gasteiger partial charge in [-0.2, -0.15) is 0 Å². The Kier molecular flexibility index (Phi) is 8.87. The molecule has 0 amide bonds. The second kappa shape index (κ2) is 11.5. The van der Waals surface area contributed by atoms with Crippen molar-refractivity contribution in [3.05, 3.63) is 17.0 Å². The second-order valence-electron chi connectivity index (χ2n) is 8.17. The van der Waals surface area contributed by atoms with Crippen LogP contribution in [0, 0.1) is 5.92 Å². The molecule has 3 rings (SSSR count). The summed E-state index contributed by atoms with van der Waals surface area (Å²) in [5.41, 5.74) is 6.11. The first-order valence-corrected chi connectivity index (χ1v) is 14.0. The summed E-state index contributed by atoms with van der Waals surface area (Å²) >= 11 is 1.09. The highest BCUT2D eigenvalue weighted by molar-refractivity contribution is 7.67. The van der Waals surface area contributed by atoms with Gasteiger partial charge >= 0.3 is 11.9 Å². The fraction of sp³-hybridized carbons (Fsp3) is 0.545. The van der Waals surface area contributed by atoms with Crippen LogP contribution in [0.3, 0.4) is 0 Å². The molecular weight excluding hydrogens is 495 g/mol. The molecule has 0 spiro atoms. The highest BCUT2D eigenvalue weighted by atomic mass is 32.1. The van der Waals surface area contributed by atoms with Crippen LogP contribution in [0.5, 0.6) is 0 Å². The van der Waals surface area contributed by atoms with Crippen molar-refractivity contribution in [2.75, 3.05) is 18.9 Å². The van der Waals surface area contributed by atoms with Crippen molar-refractivity contribution in [3.8, 4) is 11.5 Å². The SMILES string of the molecule is CCOC(=O)[C@H](C)NP(=O)(N[C@@H](C)C(=O)OCC)c1ccc(-c2nc(N)sc2C(=O)C2CCC2)o1. The number of rotatable bonds is 12. The lowest BCUT2D eigenvalue weighted by molar-refractivity contribution is -0.145. The molecule has 0 radical (unpaired) electrons. The number of carbonyl (C=O) groups is 3. The minimum Gasteiger partial charge on any atom is -0.465 e. The minimum absolute atomic E-state index is 0.0373. The maximum Gasteiger partial charge on any atom is 0.323 e. The summed E-state index contributed by atoms with van der Waals surface area (Å²) in [5, 5.41) is 5.66. The molecule has 2 aromatic rings. The van der Waals surface area contributed by atoms with Crippen LogP contribution in [0.15, 0.2) is 16.5 Å². The van der Waals surface area contributed by atoms with Gasteiger partial charge in [-0.25, -0.2) is 15.2 Å². The molecule has 11 nitrogen and oxygen atoms in total. The highest BCUT2D eigenvalue weighted by Gasteiger charge is 2.37. The molecule has 0 saturated heterocycles. The zero-order valence-corrected chi connectivity index (χ0v) is 21.9. The number of hydrogen-bond donors (Lipinski definition) is 3. The third-order valence-corrected chi connectivity index (χ3v) is 8.77. The van der Waals surface area contributed by atoms with E-state index in [-0.39, 0.29) is 47.0 Å². The molecule has 192 valence electrons. The fourth-order valence-electron chi connectivity index (χ4n) is 3.50. The number of carbonyl (C=O) groups excluding carboxylic acids is 3. The minimum atomic E-state index is -3.89. The molecule has 1 aliphatic rings. The lowest BCUT2D eigenvalue weighted by Gasteiger charge is -2.24. The number of ether oxygens (including phenoxy) is 2. The van der Waals surface area contributed by atoms with E-state index in [1.54, 1.807) is 13.8 Å². The summed E-state index contributed by atoms with van der Waals surface area (Å²) in [5.74, 6) is -1.14. The van der Waals surface area contributed by atoms with E-state index < -0.39 is 31.5 Å². The van der Waals surface area contributed by atoms with Gasteiger partial charge in [-0.3, -0.25) is 18.9 Å². The zero-order valence-electron chi connectivity index (χ0n) is 20.2. The van der Waals surface area contributed by atoms with Crippen LogP contribution in [-0.2, 0) is 23.6 Å². The Morgan fingerprint density at radius 3 is 2.20 bits per heavy atom. The third kappa shape index (κ3) is 6.19. The van der Waals surface area contributed by atoms with E-state index >= 15 is 0 Å². The van der Waals surface area contributed by atoms with Crippen LogP contribution >= 0.6 is 18.8 Å². The van der Waals surface area contributed by atoms with Crippen molar-refractivity contribution in [2.45, 2.75) is 59.0 Å². The molecule has 35 heavy (non-hydrogen) atoms. The van der Waals surface area contributed by atoms with Gasteiger partial charge in [0, 0.05) is 5.92 Å². The number of nitrogens with one attached hydrogen (secondary N) is 2. The van der Waals surface area contributed by atoms with Gasteiger partial charge < -0.3 is 19.6 Å². The Hall–Kier alpha value is -2.53. The molecule has 1 aliphatic carbocycles. The van der Waals surface area contributed by atoms with Crippen molar-refractivity contribution >= 4 is 47.1 Å². The molecule has 0 bridgehead atoms. The van der Waals surface area contributed by atoms with E-state index in [1.807, 2.05) is 0 Å². The number of hydrogen-bond acceptors (Lipinski definition) is 10. The van der Waals surface area contributed by atoms with Gasteiger partial charge in [-0.15, -0.1) is 0 Å². The van der Waals surface area contributed by atoms with Gasteiger partial charge in [0.25, 0.3) is 7.44 Å². The molecule has 2 heterocycles. The Balaban J connectivity index is 1.94. The predicted molar refractivity (Wildman–Crippen MR) is 132 cm³/mol. The Morgan fingerprint density at radius 2 is 1.71 bits per heavy atom. The molecule has 2 atom stereocenters. The summed E-state index contributed by atoms with van der Waals surface area (Å²) in [7, 11) is -3.89. The molecule has 0 aliphatic heterocycles. The predicted octanol–water partition coefficient (Wildman–Crippen LogP) is 2.87. The van der Waals surface area contributed by atoms with Crippen LogP contribution < -0.4 is 21.4 Å². The topological polar surface area (TPSA) is 163 Å². The first kappa shape index (κ1) is 27.1. The first-order chi connectivity index (χ1) is 16.6. The molecule has 2 aromatic heterocycles. The van der Waals surface area contributed by atoms with E-state index in [9.17, 15) is 18.9 Å². The number of esters is 2. The number of aromatic nitrogens is 1. The summed E-state index contributed by atoms with van der Waals surface area (Å²) in [6.45, 7) is 6.59. The molecule has 1 fully saturated rings. The summed E-state index contributed by atoms with van der Waals surface area (Å²) < 4.78 is 29.9. The van der Waals surface area contributed by atoms with E-state index in [0.717, 1.165) is 30.6 Å². The molecule has 0 unspecified atom stereocenters. The second-order valence-corrected chi connectivity index (χ2v) is 11.4. The van der Waals surface area contributed by atoms with Crippen LogP contribution in [0.4, 0.5) is 5.13 Å². The van der Waals surface area contributed by atoms with Crippen LogP contribution in [0.25, 0.3) is 11.5 Å². The zero-order chi connectivity index (χ0) is 25.8. The van der Waals surface area contributed by atoms with Crippen molar-refractivity contribution in [1.29, 1.82) is 0 Å². The normalized spacial score (nSPS) is 15.8. The van der Waals surface area contributed by atoms with E-state index in [4.69, 9.17) is 19.6 Å². The van der Waals surface area contributed by atoms with E-state index in [0.29, 0.717) is 4.88 Å². The molecular formula is C22H31N4O7PS. The summed E-state index contributed by atoms with van der Waals surface area (Å²) in [6.07, 6.45) is 2.64. The monoisotopic (exact) mass is 526 g/mol. The average Bonchev–Trinajstić information content (AvgIpc) is 3.39. The van der Waals surface area contributed by atoms with Crippen LogP contribution in [0.2, 0.25) is 0 Å². The average molecular weight is 527 g/mol. The Morgan fingerprint density at radius 1 is 1.14 bits per heavy atom. The molecule has 0 aromatic carbocycles. The van der Waals surface area contributed by atoms with Gasteiger partial charge in [-0.05, 0) is 52.7 Å². The Labute approximate surface area is 207 Å². The maximum atomic E-state index is 14.0. The Bertz CT molecular complexity index is 1100. The standard InChI is InChI=1S/C22H31N4O7PS/c1-5-31-20(28)12(3)25-34(30,26-13(4)21(29)32-6-2)16-11-10-15(33-16)17-19(35-22(23)24-17)18(27)14-8-7-9-14/h10-14H,5-9H2,1-4H3,(H2,23,24)(H2,25,26,30)/t12-,13-/m0/s1. The number of nitrogen functional groups attached to an aromatic ring is 1. The van der Waals surface area contributed by atoms with Gasteiger partial charge in [-0.1, -0.05) is 17.8 Å². The lowest BCUT2D eigenvalue weighted by Crippen LogP contribution is -2.44. The number of nitrogens with two attached hydrogens (primary N) is 1. The van der Waals surface area contributed by atoms with Crippen LogP contribution in [0.1, 0.15) is 56.6 Å². The number of anilines is 1. The van der Waals surface area contributed by atoms with Gasteiger partial charge in [0.15, 0.2) is 22.2 Å². The third-order valence-electron chi connectivity index (χ3n) is 5.51. The van der Waals surface area contributed by atoms with E-state index in [1.165, 1.54) is 26.0 Å². The molecule has 13 heteroatoms. The largest absolute Gasteiger partial charge is 0.465 e. The smallest absolute Gasteiger partial charge is 0.323 e. The number of thiazole rings is 1. The van der Waals surface area contributed by atoms with Crippen molar-refractivity contribution < 1.29 is 32.8 Å². The number of nitrogens with zero attached hydrogens (tertiary/aromatic N) is 1. The van der Waals surface area contributed by atoms with Gasteiger partial charge in [0.05, 0.1) is 13.2 Å². The molecule has 1 saturated carbocycles. The summed E-state index contributed by atoms with van der Waals surface area (Å²) in [6, 6.07) is 1.00. The molecule has 4 N–H and O–H groups in total. The lowest BCUT2D eigenvalue weighted by atomic mass is 9.81. The fourth-order valence-corrected chi connectivity index (χ4v) is 6.50. The van der Waals surface area contributed by atoms with Crippen LogP contribution in [-0.4, -0.2) is 48.0 Å². The van der Waals surface area contributed by atoms with Crippen molar-refractivity contribution in [3.63, 3.8) is 0 Å². The highest BCUT2D eigenvalue weighted by Crippen LogP contribution is 2.41.